The lowest BCUT2D eigenvalue weighted by molar-refractivity contribution is -0.143. The number of esters is 1. The second kappa shape index (κ2) is 7.09. The molecule has 0 N–H and O–H groups in total. The fourth-order valence-electron chi connectivity index (χ4n) is 2.74. The van der Waals surface area contributed by atoms with Crippen molar-refractivity contribution in [3.8, 4) is 0 Å². The smallest absolute Gasteiger partial charge is 0.325 e. The van der Waals surface area contributed by atoms with Crippen LogP contribution in [0.4, 0.5) is 10.5 Å². The van der Waals surface area contributed by atoms with E-state index in [1.807, 2.05) is 24.3 Å². The van der Waals surface area contributed by atoms with Gasteiger partial charge < -0.3 is 9.64 Å². The molecule has 126 valence electrons. The number of ether oxygens (including phenoxy) is 1. The van der Waals surface area contributed by atoms with Crippen LogP contribution in [0.5, 0.6) is 0 Å². The monoisotopic (exact) mass is 346 g/mol. The first-order valence-corrected chi connectivity index (χ1v) is 8.57. The van der Waals surface area contributed by atoms with E-state index in [4.69, 9.17) is 0 Å². The lowest BCUT2D eigenvalue weighted by Crippen LogP contribution is -2.34. The molecule has 0 atom stereocenters. The zero-order valence-electron chi connectivity index (χ0n) is 13.4. The highest BCUT2D eigenvalue weighted by Gasteiger charge is 2.36. The Morgan fingerprint density at radius 3 is 2.50 bits per heavy atom. The number of carbonyl (C=O) groups is 3. The summed E-state index contributed by atoms with van der Waals surface area (Å²) in [6.07, 6.45) is 4.11. The van der Waals surface area contributed by atoms with Gasteiger partial charge in [-0.3, -0.25) is 19.3 Å². The minimum atomic E-state index is -0.617. The summed E-state index contributed by atoms with van der Waals surface area (Å²) in [5.74, 6) is -1.08. The van der Waals surface area contributed by atoms with E-state index in [0.717, 1.165) is 35.3 Å². The summed E-state index contributed by atoms with van der Waals surface area (Å²) in [4.78, 5) is 39.0. The van der Waals surface area contributed by atoms with Crippen molar-refractivity contribution in [2.75, 3.05) is 31.6 Å². The molecule has 0 radical (unpaired) electrons. The predicted molar refractivity (Wildman–Crippen MR) is 92.6 cm³/mol. The maximum atomic E-state index is 12.2. The van der Waals surface area contributed by atoms with Crippen molar-refractivity contribution < 1.29 is 19.1 Å². The van der Waals surface area contributed by atoms with Gasteiger partial charge in [0.1, 0.15) is 6.54 Å². The topological polar surface area (TPSA) is 66.9 Å². The minimum absolute atomic E-state index is 0.317. The molecule has 1 aromatic rings. The zero-order valence-corrected chi connectivity index (χ0v) is 14.2. The molecule has 2 heterocycles. The summed E-state index contributed by atoms with van der Waals surface area (Å²) in [6, 6.07) is 7.91. The Labute approximate surface area is 144 Å². The van der Waals surface area contributed by atoms with E-state index in [0.29, 0.717) is 4.91 Å². The van der Waals surface area contributed by atoms with Gasteiger partial charge in [0.05, 0.1) is 12.0 Å². The molecule has 2 amide bonds. The summed E-state index contributed by atoms with van der Waals surface area (Å²) >= 11 is 0.839. The molecule has 1 aromatic carbocycles. The Balaban J connectivity index is 1.72. The van der Waals surface area contributed by atoms with Crippen molar-refractivity contribution >= 4 is 40.6 Å². The third-order valence-electron chi connectivity index (χ3n) is 4.05. The molecular weight excluding hydrogens is 328 g/mol. The summed E-state index contributed by atoms with van der Waals surface area (Å²) in [6.45, 7) is 1.80. The third kappa shape index (κ3) is 3.46. The number of amides is 2. The first-order chi connectivity index (χ1) is 11.6. The van der Waals surface area contributed by atoms with Gasteiger partial charge in [0.15, 0.2) is 0 Å². The van der Waals surface area contributed by atoms with Crippen LogP contribution in [0.15, 0.2) is 29.2 Å². The normalized spacial score (nSPS) is 19.5. The number of hydrogen-bond acceptors (Lipinski definition) is 6. The number of benzene rings is 1. The highest BCUT2D eigenvalue weighted by atomic mass is 32.2. The summed E-state index contributed by atoms with van der Waals surface area (Å²) in [5.41, 5.74) is 2.02. The van der Waals surface area contributed by atoms with E-state index >= 15 is 0 Å². The fraction of sp³-hybridized carbons (Fsp3) is 0.353. The third-order valence-corrected chi connectivity index (χ3v) is 4.96. The molecule has 0 aliphatic carbocycles. The number of rotatable bonds is 4. The van der Waals surface area contributed by atoms with Crippen LogP contribution in [0, 0.1) is 0 Å². The molecule has 0 spiro atoms. The van der Waals surface area contributed by atoms with Crippen LogP contribution in [0.2, 0.25) is 0 Å². The first-order valence-electron chi connectivity index (χ1n) is 7.75. The van der Waals surface area contributed by atoms with Crippen molar-refractivity contribution in [1.29, 1.82) is 0 Å². The maximum absolute atomic E-state index is 12.2. The largest absolute Gasteiger partial charge is 0.468 e. The van der Waals surface area contributed by atoms with Crippen molar-refractivity contribution in [1.82, 2.24) is 4.90 Å². The lowest BCUT2D eigenvalue weighted by atomic mass is 10.2. The second-order valence-corrected chi connectivity index (χ2v) is 6.62. The quantitative estimate of drug-likeness (QED) is 0.616. The van der Waals surface area contributed by atoms with E-state index in [2.05, 4.69) is 9.64 Å². The van der Waals surface area contributed by atoms with Gasteiger partial charge in [0.25, 0.3) is 11.1 Å². The number of hydrogen-bond donors (Lipinski definition) is 0. The van der Waals surface area contributed by atoms with Crippen LogP contribution in [-0.4, -0.2) is 48.8 Å². The van der Waals surface area contributed by atoms with Crippen LogP contribution in [0.3, 0.4) is 0 Å². The predicted octanol–water partition coefficient (Wildman–Crippen LogP) is 2.50. The number of imide groups is 1. The minimum Gasteiger partial charge on any atom is -0.468 e. The summed E-state index contributed by atoms with van der Waals surface area (Å²) in [7, 11) is 1.22. The number of thioether (sulfide) groups is 1. The average Bonchev–Trinajstić information content (AvgIpc) is 3.20. The molecule has 0 aromatic heterocycles. The number of carbonyl (C=O) groups excluding carboxylic acids is 3. The standard InChI is InChI=1S/C17H18N2O4S/c1-23-15(20)11-19-16(21)14(24-17(19)22)10-12-4-6-13(7-5-12)18-8-2-3-9-18/h4-7,10H,2-3,8-9,11H2,1H3/b14-10-. The summed E-state index contributed by atoms with van der Waals surface area (Å²) in [5, 5.41) is -0.453. The summed E-state index contributed by atoms with van der Waals surface area (Å²) < 4.78 is 4.51. The Morgan fingerprint density at radius 2 is 1.88 bits per heavy atom. The Hall–Kier alpha value is -2.28. The van der Waals surface area contributed by atoms with Crippen molar-refractivity contribution in [3.63, 3.8) is 0 Å². The number of methoxy groups -OCH3 is 1. The molecule has 6 nitrogen and oxygen atoms in total. The van der Waals surface area contributed by atoms with Crippen LogP contribution >= 0.6 is 11.8 Å². The van der Waals surface area contributed by atoms with Gasteiger partial charge in [-0.15, -0.1) is 0 Å². The van der Waals surface area contributed by atoms with E-state index < -0.39 is 17.1 Å². The van der Waals surface area contributed by atoms with Crippen molar-refractivity contribution in [2.45, 2.75) is 12.8 Å². The van der Waals surface area contributed by atoms with Gasteiger partial charge in [0, 0.05) is 18.8 Å². The molecule has 2 aliphatic heterocycles. The van der Waals surface area contributed by atoms with Gasteiger partial charge in [-0.2, -0.15) is 0 Å². The molecule has 2 fully saturated rings. The van der Waals surface area contributed by atoms with E-state index in [9.17, 15) is 14.4 Å². The second-order valence-electron chi connectivity index (χ2n) is 5.63. The SMILES string of the molecule is COC(=O)CN1C(=O)S/C(=C\c2ccc(N3CCCC3)cc2)C1=O. The van der Waals surface area contributed by atoms with Gasteiger partial charge in [-0.05, 0) is 48.4 Å². The molecular formula is C17H18N2O4S. The number of nitrogens with zero attached hydrogens (tertiary/aromatic N) is 2. The van der Waals surface area contributed by atoms with Gasteiger partial charge >= 0.3 is 5.97 Å². The average molecular weight is 346 g/mol. The highest BCUT2D eigenvalue weighted by Crippen LogP contribution is 2.32. The van der Waals surface area contributed by atoms with Crippen molar-refractivity contribution in [3.05, 3.63) is 34.7 Å². The molecule has 0 bridgehead atoms. The molecule has 2 saturated heterocycles. The Bertz CT molecular complexity index is 693. The lowest BCUT2D eigenvalue weighted by Gasteiger charge is -2.17. The van der Waals surface area contributed by atoms with Crippen LogP contribution in [0.25, 0.3) is 6.08 Å². The van der Waals surface area contributed by atoms with E-state index in [1.165, 1.54) is 25.6 Å². The van der Waals surface area contributed by atoms with Crippen LogP contribution in [-0.2, 0) is 14.3 Å². The van der Waals surface area contributed by atoms with Gasteiger partial charge in [-0.25, -0.2) is 0 Å². The number of anilines is 1. The van der Waals surface area contributed by atoms with Crippen LogP contribution in [0.1, 0.15) is 18.4 Å². The maximum Gasteiger partial charge on any atom is 0.325 e. The highest BCUT2D eigenvalue weighted by molar-refractivity contribution is 8.18. The zero-order chi connectivity index (χ0) is 17.1. The fourth-order valence-corrected chi connectivity index (χ4v) is 3.58. The van der Waals surface area contributed by atoms with Gasteiger partial charge in [-0.1, -0.05) is 12.1 Å². The Kier molecular flexibility index (Phi) is 4.89. The van der Waals surface area contributed by atoms with E-state index in [-0.39, 0.29) is 6.54 Å². The molecule has 7 heteroatoms. The first kappa shape index (κ1) is 16.6. The van der Waals surface area contributed by atoms with E-state index in [1.54, 1.807) is 6.08 Å². The van der Waals surface area contributed by atoms with Gasteiger partial charge in [0.2, 0.25) is 0 Å². The molecule has 0 unspecified atom stereocenters. The molecule has 0 saturated carbocycles. The molecule has 24 heavy (non-hydrogen) atoms. The molecule has 3 rings (SSSR count). The molecule has 2 aliphatic rings. The van der Waals surface area contributed by atoms with Crippen LogP contribution < -0.4 is 4.90 Å². The Morgan fingerprint density at radius 1 is 1.21 bits per heavy atom. The van der Waals surface area contributed by atoms with Crippen molar-refractivity contribution in [2.24, 2.45) is 0 Å².